The summed E-state index contributed by atoms with van der Waals surface area (Å²) < 4.78 is 10.2. The van der Waals surface area contributed by atoms with E-state index in [2.05, 4.69) is 10.1 Å². The van der Waals surface area contributed by atoms with Gasteiger partial charge in [-0.2, -0.15) is 4.98 Å². The Kier molecular flexibility index (Phi) is 5.70. The summed E-state index contributed by atoms with van der Waals surface area (Å²) in [6.45, 7) is 0.711. The van der Waals surface area contributed by atoms with E-state index in [0.29, 0.717) is 18.9 Å². The van der Waals surface area contributed by atoms with E-state index < -0.39 is 0 Å². The van der Waals surface area contributed by atoms with Gasteiger partial charge < -0.3 is 15.0 Å². The highest BCUT2D eigenvalue weighted by molar-refractivity contribution is 5.18. The van der Waals surface area contributed by atoms with Crippen molar-refractivity contribution < 1.29 is 9.26 Å². The van der Waals surface area contributed by atoms with Crippen LogP contribution in [0, 0.1) is 0 Å². The highest BCUT2D eigenvalue weighted by Crippen LogP contribution is 2.15. The maximum Gasteiger partial charge on any atom is 0.226 e. The molecule has 0 amide bonds. The van der Waals surface area contributed by atoms with E-state index in [1.165, 1.54) is 0 Å². The molecule has 5 nitrogen and oxygen atoms in total. The Hall–Kier alpha value is -1.72. The van der Waals surface area contributed by atoms with E-state index in [9.17, 15) is 0 Å². The summed E-state index contributed by atoms with van der Waals surface area (Å²) in [6.07, 6.45) is 3.18. The number of nitrogens with zero attached hydrogens (tertiary/aromatic N) is 2. The van der Waals surface area contributed by atoms with E-state index >= 15 is 0 Å². The fourth-order valence-corrected chi connectivity index (χ4v) is 2.01. The second kappa shape index (κ2) is 7.77. The molecular formula is C15H21N3O2. The van der Waals surface area contributed by atoms with Crippen LogP contribution in [-0.2, 0) is 17.6 Å². The van der Waals surface area contributed by atoms with Crippen LogP contribution in [0.3, 0.4) is 0 Å². The summed E-state index contributed by atoms with van der Waals surface area (Å²) in [5, 5.41) is 3.96. The van der Waals surface area contributed by atoms with Gasteiger partial charge in [0.2, 0.25) is 5.89 Å². The maximum atomic E-state index is 6.14. The van der Waals surface area contributed by atoms with Crippen molar-refractivity contribution >= 4 is 0 Å². The van der Waals surface area contributed by atoms with Crippen molar-refractivity contribution in [3.8, 4) is 0 Å². The largest absolute Gasteiger partial charge is 0.385 e. The molecule has 5 heteroatoms. The van der Waals surface area contributed by atoms with Gasteiger partial charge in [-0.1, -0.05) is 35.5 Å². The fraction of sp³-hybridized carbons (Fsp3) is 0.467. The van der Waals surface area contributed by atoms with Crippen LogP contribution in [0.15, 0.2) is 34.9 Å². The lowest BCUT2D eigenvalue weighted by Gasteiger charge is -2.09. The van der Waals surface area contributed by atoms with Gasteiger partial charge in [0.05, 0.1) is 0 Å². The summed E-state index contributed by atoms with van der Waals surface area (Å²) >= 11 is 0. The minimum atomic E-state index is 0.0000383. The quantitative estimate of drug-likeness (QED) is 0.748. The van der Waals surface area contributed by atoms with Crippen LogP contribution in [0.4, 0.5) is 0 Å². The van der Waals surface area contributed by atoms with Crippen molar-refractivity contribution in [3.05, 3.63) is 47.6 Å². The molecule has 2 N–H and O–H groups in total. The summed E-state index contributed by atoms with van der Waals surface area (Å²) in [6, 6.07) is 10.1. The molecule has 108 valence electrons. The first kappa shape index (κ1) is 14.7. The average molecular weight is 275 g/mol. The highest BCUT2D eigenvalue weighted by Gasteiger charge is 2.10. The van der Waals surface area contributed by atoms with Gasteiger partial charge in [-0.05, 0) is 18.4 Å². The SMILES string of the molecule is COCCCc1noc(CCC(N)c2ccccc2)n1. The molecule has 20 heavy (non-hydrogen) atoms. The molecule has 2 rings (SSSR count). The number of hydrogen-bond acceptors (Lipinski definition) is 5. The van der Waals surface area contributed by atoms with E-state index in [1.807, 2.05) is 30.3 Å². The van der Waals surface area contributed by atoms with Gasteiger partial charge in [0.15, 0.2) is 5.82 Å². The molecular weight excluding hydrogens is 254 g/mol. The van der Waals surface area contributed by atoms with Gasteiger partial charge in [0, 0.05) is 32.6 Å². The Bertz CT molecular complexity index is 499. The zero-order chi connectivity index (χ0) is 14.2. The molecule has 0 saturated carbocycles. The van der Waals surface area contributed by atoms with Gasteiger partial charge in [0.25, 0.3) is 0 Å². The Labute approximate surface area is 119 Å². The molecule has 0 aliphatic carbocycles. The molecule has 1 aromatic carbocycles. The Balaban J connectivity index is 1.79. The van der Waals surface area contributed by atoms with Gasteiger partial charge >= 0.3 is 0 Å². The third-order valence-corrected chi connectivity index (χ3v) is 3.16. The van der Waals surface area contributed by atoms with E-state index in [1.54, 1.807) is 7.11 Å². The molecule has 0 fully saturated rings. The lowest BCUT2D eigenvalue weighted by molar-refractivity contribution is 0.194. The Morgan fingerprint density at radius 1 is 1.25 bits per heavy atom. The number of aryl methyl sites for hydroxylation is 2. The first-order chi connectivity index (χ1) is 9.79. The van der Waals surface area contributed by atoms with Gasteiger partial charge in [0.1, 0.15) is 0 Å². The first-order valence-electron chi connectivity index (χ1n) is 6.90. The lowest BCUT2D eigenvalue weighted by atomic mass is 10.0. The van der Waals surface area contributed by atoms with E-state index in [4.69, 9.17) is 15.0 Å². The molecule has 1 atom stereocenters. The maximum absolute atomic E-state index is 6.14. The Morgan fingerprint density at radius 3 is 2.80 bits per heavy atom. The molecule has 0 spiro atoms. The van der Waals surface area contributed by atoms with Crippen molar-refractivity contribution in [2.75, 3.05) is 13.7 Å². The number of aromatic nitrogens is 2. The molecule has 0 radical (unpaired) electrons. The normalized spacial score (nSPS) is 12.5. The summed E-state index contributed by atoms with van der Waals surface area (Å²) in [4.78, 5) is 4.36. The third-order valence-electron chi connectivity index (χ3n) is 3.16. The van der Waals surface area contributed by atoms with Crippen LogP contribution in [0.5, 0.6) is 0 Å². The number of methoxy groups -OCH3 is 1. The summed E-state index contributed by atoms with van der Waals surface area (Å²) in [5.41, 5.74) is 7.27. The van der Waals surface area contributed by atoms with Gasteiger partial charge in [-0.25, -0.2) is 0 Å². The van der Waals surface area contributed by atoms with Crippen LogP contribution in [0.1, 0.15) is 36.2 Å². The van der Waals surface area contributed by atoms with E-state index in [0.717, 1.165) is 30.7 Å². The predicted octanol–water partition coefficient (Wildman–Crippen LogP) is 2.28. The van der Waals surface area contributed by atoms with Crippen LogP contribution in [-0.4, -0.2) is 23.9 Å². The minimum absolute atomic E-state index is 0.0000383. The molecule has 0 bridgehead atoms. The molecule has 0 aliphatic heterocycles. The molecule has 1 aromatic heterocycles. The number of rotatable bonds is 8. The van der Waals surface area contributed by atoms with Crippen molar-refractivity contribution in [2.24, 2.45) is 5.73 Å². The molecule has 0 saturated heterocycles. The fourth-order valence-electron chi connectivity index (χ4n) is 2.01. The number of benzene rings is 1. The topological polar surface area (TPSA) is 74.2 Å². The summed E-state index contributed by atoms with van der Waals surface area (Å²) in [7, 11) is 1.69. The predicted molar refractivity (Wildman–Crippen MR) is 76.2 cm³/mol. The zero-order valence-corrected chi connectivity index (χ0v) is 11.8. The van der Waals surface area contributed by atoms with Crippen LogP contribution >= 0.6 is 0 Å². The molecule has 0 aliphatic rings. The monoisotopic (exact) mass is 275 g/mol. The second-order valence-electron chi connectivity index (χ2n) is 4.76. The Morgan fingerprint density at radius 2 is 2.05 bits per heavy atom. The highest BCUT2D eigenvalue weighted by atomic mass is 16.5. The average Bonchev–Trinajstić information content (AvgIpc) is 2.94. The number of ether oxygens (including phenoxy) is 1. The van der Waals surface area contributed by atoms with Crippen molar-refractivity contribution in [2.45, 2.75) is 31.7 Å². The minimum Gasteiger partial charge on any atom is -0.385 e. The third kappa shape index (κ3) is 4.43. The second-order valence-corrected chi connectivity index (χ2v) is 4.76. The first-order valence-corrected chi connectivity index (χ1v) is 6.90. The summed E-state index contributed by atoms with van der Waals surface area (Å²) in [5.74, 6) is 1.40. The van der Waals surface area contributed by atoms with Crippen molar-refractivity contribution in [1.29, 1.82) is 0 Å². The standard InChI is InChI=1S/C15H21N3O2/c1-19-11-5-8-14-17-15(20-18-14)10-9-13(16)12-6-3-2-4-7-12/h2-4,6-7,13H,5,8-11,16H2,1H3. The number of hydrogen-bond donors (Lipinski definition) is 1. The molecule has 1 unspecified atom stereocenters. The molecule has 2 aromatic rings. The van der Waals surface area contributed by atoms with Crippen molar-refractivity contribution in [1.82, 2.24) is 10.1 Å². The van der Waals surface area contributed by atoms with Crippen molar-refractivity contribution in [3.63, 3.8) is 0 Å². The van der Waals surface area contributed by atoms with Crippen LogP contribution in [0.2, 0.25) is 0 Å². The molecule has 1 heterocycles. The zero-order valence-electron chi connectivity index (χ0n) is 11.8. The van der Waals surface area contributed by atoms with Crippen LogP contribution < -0.4 is 5.73 Å². The van der Waals surface area contributed by atoms with Gasteiger partial charge in [-0.15, -0.1) is 0 Å². The lowest BCUT2D eigenvalue weighted by Crippen LogP contribution is -2.11. The smallest absolute Gasteiger partial charge is 0.226 e. The van der Waals surface area contributed by atoms with Gasteiger partial charge in [-0.3, -0.25) is 0 Å². The number of nitrogens with two attached hydrogens (primary N) is 1. The van der Waals surface area contributed by atoms with Crippen LogP contribution in [0.25, 0.3) is 0 Å². The van der Waals surface area contributed by atoms with E-state index in [-0.39, 0.29) is 6.04 Å².